The number of carbonyl (C=O) groups is 2. The van der Waals surface area contributed by atoms with Gasteiger partial charge in [-0.1, -0.05) is 41.0 Å². The highest BCUT2D eigenvalue weighted by molar-refractivity contribution is 6.30. The number of nitrogens with one attached hydrogen (secondary N) is 1. The molecule has 0 aliphatic carbocycles. The van der Waals surface area contributed by atoms with Gasteiger partial charge < -0.3 is 14.7 Å². The van der Waals surface area contributed by atoms with Crippen molar-refractivity contribution < 1.29 is 14.1 Å². The highest BCUT2D eigenvalue weighted by Crippen LogP contribution is 2.23. The standard InChI is InChI=1S/C22H22ClN3O3/c1-14(2)26(3)22(28)16-9-7-15(8-10-16)13-24-21(27)19-12-20(29-25-19)17-5-4-6-18(23)11-17/h4-12,14H,13H2,1-3H3,(H,24,27). The van der Waals surface area contributed by atoms with Crippen LogP contribution in [0.25, 0.3) is 11.3 Å². The first kappa shape index (κ1) is 20.6. The van der Waals surface area contributed by atoms with Crippen LogP contribution in [0.4, 0.5) is 0 Å². The Morgan fingerprint density at radius 1 is 1.14 bits per heavy atom. The van der Waals surface area contributed by atoms with E-state index in [1.54, 1.807) is 48.3 Å². The van der Waals surface area contributed by atoms with E-state index in [1.807, 2.05) is 32.0 Å². The van der Waals surface area contributed by atoms with E-state index in [4.69, 9.17) is 16.1 Å². The summed E-state index contributed by atoms with van der Waals surface area (Å²) in [5.74, 6) is 0.0863. The minimum atomic E-state index is -0.346. The third kappa shape index (κ3) is 5.03. The average Bonchev–Trinajstić information content (AvgIpc) is 3.21. The van der Waals surface area contributed by atoms with Gasteiger partial charge in [0.05, 0.1) is 0 Å². The third-order valence-corrected chi connectivity index (χ3v) is 4.84. The van der Waals surface area contributed by atoms with Gasteiger partial charge in [0.15, 0.2) is 11.5 Å². The molecule has 0 saturated carbocycles. The van der Waals surface area contributed by atoms with E-state index < -0.39 is 0 Å². The minimum Gasteiger partial charge on any atom is -0.355 e. The van der Waals surface area contributed by atoms with Crippen LogP contribution in [-0.4, -0.2) is 35.0 Å². The monoisotopic (exact) mass is 411 g/mol. The predicted molar refractivity (Wildman–Crippen MR) is 112 cm³/mol. The number of amides is 2. The molecule has 0 fully saturated rings. The Balaban J connectivity index is 1.60. The second-order valence-electron chi connectivity index (χ2n) is 6.98. The van der Waals surface area contributed by atoms with Gasteiger partial charge in [-0.15, -0.1) is 0 Å². The van der Waals surface area contributed by atoms with E-state index >= 15 is 0 Å². The number of hydrogen-bond donors (Lipinski definition) is 1. The zero-order valence-corrected chi connectivity index (χ0v) is 17.2. The van der Waals surface area contributed by atoms with Gasteiger partial charge in [-0.2, -0.15) is 0 Å². The van der Waals surface area contributed by atoms with Gasteiger partial charge in [0.25, 0.3) is 11.8 Å². The molecule has 150 valence electrons. The SMILES string of the molecule is CC(C)N(C)C(=O)c1ccc(CNC(=O)c2cc(-c3cccc(Cl)c3)on2)cc1. The van der Waals surface area contributed by atoms with Crippen LogP contribution in [-0.2, 0) is 6.54 Å². The number of carbonyl (C=O) groups excluding carboxylic acids is 2. The van der Waals surface area contributed by atoms with Gasteiger partial charge in [-0.25, -0.2) is 0 Å². The second-order valence-corrected chi connectivity index (χ2v) is 7.41. The number of benzene rings is 2. The van der Waals surface area contributed by atoms with E-state index in [1.165, 1.54) is 0 Å². The molecule has 1 aromatic heterocycles. The Morgan fingerprint density at radius 3 is 2.52 bits per heavy atom. The number of halogens is 1. The van der Waals surface area contributed by atoms with E-state index in [0.717, 1.165) is 11.1 Å². The largest absolute Gasteiger partial charge is 0.355 e. The molecule has 1 N–H and O–H groups in total. The van der Waals surface area contributed by atoms with Gasteiger partial charge in [-0.3, -0.25) is 9.59 Å². The molecule has 3 aromatic rings. The minimum absolute atomic E-state index is 0.0354. The molecule has 29 heavy (non-hydrogen) atoms. The molecule has 6 nitrogen and oxygen atoms in total. The summed E-state index contributed by atoms with van der Waals surface area (Å²) in [4.78, 5) is 26.3. The summed E-state index contributed by atoms with van der Waals surface area (Å²) in [6.45, 7) is 4.24. The number of hydrogen-bond acceptors (Lipinski definition) is 4. The van der Waals surface area contributed by atoms with E-state index in [2.05, 4.69) is 10.5 Å². The van der Waals surface area contributed by atoms with Crippen molar-refractivity contribution in [3.63, 3.8) is 0 Å². The molecule has 0 saturated heterocycles. The van der Waals surface area contributed by atoms with Crippen molar-refractivity contribution >= 4 is 23.4 Å². The maximum atomic E-state index is 12.3. The lowest BCUT2D eigenvalue weighted by atomic mass is 10.1. The molecule has 0 aliphatic rings. The number of rotatable bonds is 6. The highest BCUT2D eigenvalue weighted by Gasteiger charge is 2.15. The molecule has 0 aliphatic heterocycles. The van der Waals surface area contributed by atoms with Crippen LogP contribution in [0.15, 0.2) is 59.1 Å². The molecule has 7 heteroatoms. The van der Waals surface area contributed by atoms with Gasteiger partial charge in [0.1, 0.15) is 0 Å². The fraction of sp³-hybridized carbons (Fsp3) is 0.227. The van der Waals surface area contributed by atoms with Gasteiger partial charge in [0.2, 0.25) is 0 Å². The quantitative estimate of drug-likeness (QED) is 0.652. The van der Waals surface area contributed by atoms with Gasteiger partial charge in [-0.05, 0) is 43.7 Å². The van der Waals surface area contributed by atoms with Crippen molar-refractivity contribution in [2.45, 2.75) is 26.4 Å². The fourth-order valence-electron chi connectivity index (χ4n) is 2.64. The van der Waals surface area contributed by atoms with Crippen molar-refractivity contribution in [2.75, 3.05) is 7.05 Å². The van der Waals surface area contributed by atoms with Crippen LogP contribution >= 0.6 is 11.6 Å². The van der Waals surface area contributed by atoms with Crippen LogP contribution in [0.3, 0.4) is 0 Å². The molecule has 0 spiro atoms. The number of nitrogens with zero attached hydrogens (tertiary/aromatic N) is 2. The summed E-state index contributed by atoms with van der Waals surface area (Å²) in [7, 11) is 1.77. The van der Waals surface area contributed by atoms with Crippen molar-refractivity contribution in [1.82, 2.24) is 15.4 Å². The summed E-state index contributed by atoms with van der Waals surface area (Å²) >= 11 is 5.98. The van der Waals surface area contributed by atoms with Gasteiger partial charge in [0, 0.05) is 41.9 Å². The lowest BCUT2D eigenvalue weighted by Gasteiger charge is -2.21. The third-order valence-electron chi connectivity index (χ3n) is 4.60. The zero-order chi connectivity index (χ0) is 21.0. The smallest absolute Gasteiger partial charge is 0.273 e. The molecule has 0 radical (unpaired) electrons. The second kappa shape index (κ2) is 8.92. The van der Waals surface area contributed by atoms with Crippen LogP contribution in [0.2, 0.25) is 5.02 Å². The molecule has 2 aromatic carbocycles. The first-order valence-electron chi connectivity index (χ1n) is 9.22. The molecular formula is C22H22ClN3O3. The Hall–Kier alpha value is -3.12. The Kier molecular flexibility index (Phi) is 6.34. The molecule has 0 unspecified atom stereocenters. The molecule has 0 atom stereocenters. The summed E-state index contributed by atoms with van der Waals surface area (Å²) in [5.41, 5.74) is 2.42. The molecule has 2 amide bonds. The topological polar surface area (TPSA) is 75.4 Å². The zero-order valence-electron chi connectivity index (χ0n) is 16.5. The summed E-state index contributed by atoms with van der Waals surface area (Å²) in [5, 5.41) is 7.20. The molecular weight excluding hydrogens is 390 g/mol. The van der Waals surface area contributed by atoms with Crippen molar-refractivity contribution in [3.05, 3.63) is 76.4 Å². The first-order chi connectivity index (χ1) is 13.8. The van der Waals surface area contributed by atoms with E-state index in [0.29, 0.717) is 22.9 Å². The van der Waals surface area contributed by atoms with Crippen LogP contribution in [0.5, 0.6) is 0 Å². The molecule has 3 rings (SSSR count). The van der Waals surface area contributed by atoms with Gasteiger partial charge >= 0.3 is 0 Å². The lowest BCUT2D eigenvalue weighted by Crippen LogP contribution is -2.32. The summed E-state index contributed by atoms with van der Waals surface area (Å²) in [6, 6.07) is 16.0. The maximum absolute atomic E-state index is 12.3. The average molecular weight is 412 g/mol. The summed E-state index contributed by atoms with van der Waals surface area (Å²) < 4.78 is 5.25. The maximum Gasteiger partial charge on any atom is 0.273 e. The lowest BCUT2D eigenvalue weighted by molar-refractivity contribution is 0.0754. The molecule has 1 heterocycles. The van der Waals surface area contributed by atoms with E-state index in [-0.39, 0.29) is 23.6 Å². The normalized spacial score (nSPS) is 10.8. The predicted octanol–water partition coefficient (Wildman–Crippen LogP) is 4.41. The van der Waals surface area contributed by atoms with Crippen LogP contribution in [0, 0.1) is 0 Å². The molecule has 0 bridgehead atoms. The van der Waals surface area contributed by atoms with Crippen LogP contribution in [0.1, 0.15) is 40.3 Å². The summed E-state index contributed by atoms with van der Waals surface area (Å²) in [6.07, 6.45) is 0. The van der Waals surface area contributed by atoms with Crippen LogP contribution < -0.4 is 5.32 Å². The fourth-order valence-corrected chi connectivity index (χ4v) is 2.83. The van der Waals surface area contributed by atoms with Crippen molar-refractivity contribution in [1.29, 1.82) is 0 Å². The van der Waals surface area contributed by atoms with E-state index in [9.17, 15) is 9.59 Å². The highest BCUT2D eigenvalue weighted by atomic mass is 35.5. The Bertz CT molecular complexity index is 1010. The first-order valence-corrected chi connectivity index (χ1v) is 9.60. The van der Waals surface area contributed by atoms with Crippen molar-refractivity contribution in [3.8, 4) is 11.3 Å². The Morgan fingerprint density at radius 2 is 1.86 bits per heavy atom. The van der Waals surface area contributed by atoms with Crippen molar-refractivity contribution in [2.24, 2.45) is 0 Å². The Labute approximate surface area is 174 Å². The number of aromatic nitrogens is 1.